The molecule has 0 aromatic heterocycles. The van der Waals surface area contributed by atoms with E-state index in [4.69, 9.17) is 0 Å². The first-order valence-electron chi connectivity index (χ1n) is 6.12. The molecule has 0 atom stereocenters. The van der Waals surface area contributed by atoms with E-state index < -0.39 is 33.4 Å². The molecule has 9 heteroatoms. The van der Waals surface area contributed by atoms with Crippen molar-refractivity contribution in [1.29, 1.82) is 0 Å². The number of anilines is 1. The molecular weight excluding hydrogens is 341 g/mol. The Hall–Kier alpha value is -2.16. The van der Waals surface area contributed by atoms with E-state index in [9.17, 15) is 30.4 Å². The van der Waals surface area contributed by atoms with Gasteiger partial charge in [0.25, 0.3) is 0 Å². The van der Waals surface area contributed by atoms with Crippen LogP contribution in [-0.4, -0.2) is 14.7 Å². The van der Waals surface area contributed by atoms with Crippen LogP contribution in [0.15, 0.2) is 36.4 Å². The van der Waals surface area contributed by atoms with Crippen LogP contribution >= 0.6 is 0 Å². The predicted octanol–water partition coefficient (Wildman–Crippen LogP) is 4.02. The van der Waals surface area contributed by atoms with Gasteiger partial charge < -0.3 is 0 Å². The summed E-state index contributed by atoms with van der Waals surface area (Å²) in [5.41, 5.74) is -1.76. The van der Waals surface area contributed by atoms with Crippen LogP contribution in [0.25, 0.3) is 11.1 Å². The van der Waals surface area contributed by atoms with Gasteiger partial charge in [0.1, 0.15) is 11.6 Å². The van der Waals surface area contributed by atoms with Gasteiger partial charge in [0.15, 0.2) is 0 Å². The van der Waals surface area contributed by atoms with Crippen molar-refractivity contribution in [2.24, 2.45) is 0 Å². The molecule has 2 aromatic rings. The van der Waals surface area contributed by atoms with Crippen molar-refractivity contribution in [3.05, 3.63) is 53.6 Å². The van der Waals surface area contributed by atoms with Crippen LogP contribution in [0.2, 0.25) is 0 Å². The molecule has 0 heterocycles. The monoisotopic (exact) mass is 351 g/mol. The summed E-state index contributed by atoms with van der Waals surface area (Å²) in [6.45, 7) is 0. The van der Waals surface area contributed by atoms with Crippen LogP contribution in [0.3, 0.4) is 0 Å². The zero-order valence-electron chi connectivity index (χ0n) is 11.6. The number of rotatable bonds is 3. The maximum absolute atomic E-state index is 13.8. The van der Waals surface area contributed by atoms with Gasteiger partial charge >= 0.3 is 6.18 Å². The van der Waals surface area contributed by atoms with Crippen molar-refractivity contribution in [2.75, 3.05) is 11.0 Å². The first-order chi connectivity index (χ1) is 10.5. The van der Waals surface area contributed by atoms with E-state index in [1.54, 1.807) is 0 Å². The summed E-state index contributed by atoms with van der Waals surface area (Å²) in [6.07, 6.45) is -3.86. The third kappa shape index (κ3) is 4.19. The molecule has 2 aromatic carbocycles. The van der Waals surface area contributed by atoms with Gasteiger partial charge in [-0.25, -0.2) is 17.2 Å². The van der Waals surface area contributed by atoms with Crippen LogP contribution in [0.5, 0.6) is 0 Å². The quantitative estimate of drug-likeness (QED) is 0.849. The molecule has 0 saturated carbocycles. The van der Waals surface area contributed by atoms with E-state index >= 15 is 0 Å². The zero-order valence-corrected chi connectivity index (χ0v) is 12.4. The van der Waals surface area contributed by atoms with Crippen molar-refractivity contribution in [1.82, 2.24) is 0 Å². The third-order valence-corrected chi connectivity index (χ3v) is 3.46. The minimum atomic E-state index is -4.69. The second kappa shape index (κ2) is 5.80. The summed E-state index contributed by atoms with van der Waals surface area (Å²) >= 11 is 0. The molecular formula is C14H10F5NO2S. The summed E-state index contributed by atoms with van der Waals surface area (Å²) in [5.74, 6) is -2.14. The maximum atomic E-state index is 13.8. The van der Waals surface area contributed by atoms with E-state index in [0.29, 0.717) is 12.1 Å². The highest BCUT2D eigenvalue weighted by molar-refractivity contribution is 7.92. The molecule has 0 radical (unpaired) electrons. The normalized spacial score (nSPS) is 12.3. The van der Waals surface area contributed by atoms with Crippen molar-refractivity contribution >= 4 is 15.7 Å². The Morgan fingerprint density at radius 2 is 1.61 bits per heavy atom. The van der Waals surface area contributed by atoms with Crippen molar-refractivity contribution in [3.8, 4) is 11.1 Å². The fraction of sp³-hybridized carbons (Fsp3) is 0.143. The number of nitrogens with one attached hydrogen (secondary N) is 1. The zero-order chi connectivity index (χ0) is 17.4. The molecule has 0 fully saturated rings. The minimum Gasteiger partial charge on any atom is -0.281 e. The Kier molecular flexibility index (Phi) is 4.34. The van der Waals surface area contributed by atoms with Crippen molar-refractivity contribution in [3.63, 3.8) is 0 Å². The van der Waals surface area contributed by atoms with Gasteiger partial charge in [-0.1, -0.05) is 12.1 Å². The highest BCUT2D eigenvalue weighted by Gasteiger charge is 2.31. The fourth-order valence-corrected chi connectivity index (χ4v) is 2.46. The topological polar surface area (TPSA) is 46.2 Å². The summed E-state index contributed by atoms with van der Waals surface area (Å²) < 4.78 is 89.2. The standard InChI is InChI=1S/C14H10F5NO2S/c1-23(21,22)20-13-5-2-8(6-12(13)16)10-4-3-9(7-11(10)15)14(17,18)19/h2-7,20H,1H3. The molecule has 124 valence electrons. The highest BCUT2D eigenvalue weighted by atomic mass is 32.2. The molecule has 0 aliphatic heterocycles. The van der Waals surface area contributed by atoms with Gasteiger partial charge in [-0.3, -0.25) is 4.72 Å². The van der Waals surface area contributed by atoms with Crippen LogP contribution < -0.4 is 4.72 Å². The van der Waals surface area contributed by atoms with Gasteiger partial charge in [0, 0.05) is 5.56 Å². The van der Waals surface area contributed by atoms with Crippen LogP contribution in [0.4, 0.5) is 27.6 Å². The number of halogens is 5. The smallest absolute Gasteiger partial charge is 0.281 e. The summed E-state index contributed by atoms with van der Waals surface area (Å²) in [5, 5.41) is 0. The predicted molar refractivity (Wildman–Crippen MR) is 75.3 cm³/mol. The molecule has 0 amide bonds. The number of alkyl halides is 3. The number of hydrogen-bond donors (Lipinski definition) is 1. The lowest BCUT2D eigenvalue weighted by Crippen LogP contribution is -2.10. The lowest BCUT2D eigenvalue weighted by atomic mass is 10.0. The van der Waals surface area contributed by atoms with Crippen molar-refractivity contribution in [2.45, 2.75) is 6.18 Å². The first kappa shape index (κ1) is 17.2. The van der Waals surface area contributed by atoms with Crippen LogP contribution in [0.1, 0.15) is 5.56 Å². The highest BCUT2D eigenvalue weighted by Crippen LogP contribution is 2.33. The lowest BCUT2D eigenvalue weighted by Gasteiger charge is -2.11. The Bertz CT molecular complexity index is 847. The number of benzene rings is 2. The molecule has 0 aliphatic carbocycles. The molecule has 23 heavy (non-hydrogen) atoms. The average Bonchev–Trinajstić information content (AvgIpc) is 2.38. The molecule has 0 unspecified atom stereocenters. The molecule has 2 rings (SSSR count). The van der Waals surface area contributed by atoms with Gasteiger partial charge in [-0.15, -0.1) is 0 Å². The molecule has 1 N–H and O–H groups in total. The van der Waals surface area contributed by atoms with Gasteiger partial charge in [0.05, 0.1) is 17.5 Å². The van der Waals surface area contributed by atoms with E-state index in [2.05, 4.69) is 0 Å². The Morgan fingerprint density at radius 1 is 0.957 bits per heavy atom. The third-order valence-electron chi connectivity index (χ3n) is 2.87. The number of hydrogen-bond acceptors (Lipinski definition) is 2. The molecule has 0 saturated heterocycles. The summed E-state index contributed by atoms with van der Waals surface area (Å²) in [6, 6.07) is 4.97. The average molecular weight is 351 g/mol. The molecule has 0 bridgehead atoms. The Labute approximate surface area is 128 Å². The van der Waals surface area contributed by atoms with Gasteiger partial charge in [-0.05, 0) is 29.8 Å². The second-order valence-corrected chi connectivity index (χ2v) is 6.51. The second-order valence-electron chi connectivity index (χ2n) is 4.76. The van der Waals surface area contributed by atoms with Crippen LogP contribution in [0, 0.1) is 11.6 Å². The maximum Gasteiger partial charge on any atom is 0.416 e. The molecule has 0 spiro atoms. The van der Waals surface area contributed by atoms with Gasteiger partial charge in [0.2, 0.25) is 10.0 Å². The first-order valence-corrected chi connectivity index (χ1v) is 8.01. The Balaban J connectivity index is 2.42. The molecule has 0 aliphatic rings. The van der Waals surface area contributed by atoms with Crippen LogP contribution in [-0.2, 0) is 16.2 Å². The summed E-state index contributed by atoms with van der Waals surface area (Å²) in [7, 11) is -3.70. The SMILES string of the molecule is CS(=O)(=O)Nc1ccc(-c2ccc(C(F)(F)F)cc2F)cc1F. The number of sulfonamides is 1. The molecule has 3 nitrogen and oxygen atoms in total. The largest absolute Gasteiger partial charge is 0.416 e. The van der Waals surface area contributed by atoms with E-state index in [1.165, 1.54) is 6.07 Å². The van der Waals surface area contributed by atoms with Gasteiger partial charge in [-0.2, -0.15) is 13.2 Å². The van der Waals surface area contributed by atoms with E-state index in [1.807, 2.05) is 4.72 Å². The summed E-state index contributed by atoms with van der Waals surface area (Å²) in [4.78, 5) is 0. The van der Waals surface area contributed by atoms with Crippen molar-refractivity contribution < 1.29 is 30.4 Å². The Morgan fingerprint density at radius 3 is 2.09 bits per heavy atom. The fourth-order valence-electron chi connectivity index (χ4n) is 1.89. The van der Waals surface area contributed by atoms with E-state index in [-0.39, 0.29) is 16.8 Å². The lowest BCUT2D eigenvalue weighted by molar-refractivity contribution is -0.137. The van der Waals surface area contributed by atoms with E-state index in [0.717, 1.165) is 24.5 Å². The minimum absolute atomic E-state index is 0.0206.